The lowest BCUT2D eigenvalue weighted by Gasteiger charge is -2.39. The molecule has 4 N–H and O–H groups in total. The number of aliphatic imine (C=N–C) groups is 1. The molecule has 3 aromatic carbocycles. The Labute approximate surface area is 282 Å². The summed E-state index contributed by atoms with van der Waals surface area (Å²) >= 11 is 19.0. The summed E-state index contributed by atoms with van der Waals surface area (Å²) in [6, 6.07) is 14.2. The van der Waals surface area contributed by atoms with Gasteiger partial charge in [0.15, 0.2) is 5.75 Å². The Morgan fingerprint density at radius 3 is 2.04 bits per heavy atom. The van der Waals surface area contributed by atoms with E-state index in [4.69, 9.17) is 55.4 Å². The minimum Gasteiger partial charge on any atom is -0.492 e. The largest absolute Gasteiger partial charge is 0.492 e. The molecule has 5 rings (SSSR count). The number of benzene rings is 3. The molecule has 2 atom stereocenters. The Bertz CT molecular complexity index is 1780. The fourth-order valence-electron chi connectivity index (χ4n) is 5.78. The van der Waals surface area contributed by atoms with Crippen LogP contribution in [0.5, 0.6) is 5.75 Å². The maximum absolute atomic E-state index is 14.7. The maximum Gasteiger partial charge on any atom is 0.326 e. The number of primary amides is 1. The van der Waals surface area contributed by atoms with Gasteiger partial charge in [-0.05, 0) is 60.9 Å². The lowest BCUT2D eigenvalue weighted by molar-refractivity contribution is -0.119. The van der Waals surface area contributed by atoms with Crippen LogP contribution < -0.4 is 15.6 Å². The minimum absolute atomic E-state index is 0.0825. The van der Waals surface area contributed by atoms with Crippen LogP contribution in [0.15, 0.2) is 64.5 Å². The number of ether oxygens (including phenoxy) is 1. The smallest absolute Gasteiger partial charge is 0.326 e. The highest BCUT2D eigenvalue weighted by atomic mass is 35.5. The Hall–Kier alpha value is -3.39. The minimum atomic E-state index is -4.37. The van der Waals surface area contributed by atoms with Crippen molar-refractivity contribution >= 4 is 62.6 Å². The van der Waals surface area contributed by atoms with E-state index in [-0.39, 0.29) is 46.2 Å². The summed E-state index contributed by atoms with van der Waals surface area (Å²) in [5.74, 6) is -0.373. The second-order valence-electron chi connectivity index (χ2n) is 11.0. The number of primary sulfonamides is 1. The van der Waals surface area contributed by atoms with Crippen LogP contribution in [0.3, 0.4) is 0 Å². The van der Waals surface area contributed by atoms with Crippen molar-refractivity contribution < 1.29 is 22.7 Å². The van der Waals surface area contributed by atoms with Crippen molar-refractivity contribution in [2.75, 3.05) is 39.3 Å². The number of amides is 3. The number of carbonyl (C=O) groups is 2. The number of carbonyl (C=O) groups excluding carboxylic acids is 2. The molecular weight excluding hydrogens is 675 g/mol. The highest BCUT2D eigenvalue weighted by molar-refractivity contribution is 7.89. The van der Waals surface area contributed by atoms with Gasteiger partial charge in [0.2, 0.25) is 15.9 Å². The van der Waals surface area contributed by atoms with E-state index in [0.29, 0.717) is 41.8 Å². The van der Waals surface area contributed by atoms with Crippen molar-refractivity contribution in [3.63, 3.8) is 0 Å². The second kappa shape index (κ2) is 13.8. The molecule has 2 aliphatic heterocycles. The molecule has 0 spiro atoms. The predicted octanol–water partition coefficient (Wildman–Crippen LogP) is 4.77. The zero-order chi connectivity index (χ0) is 33.3. The molecule has 1 fully saturated rings. The summed E-state index contributed by atoms with van der Waals surface area (Å²) < 4.78 is 31.7. The first-order chi connectivity index (χ1) is 21.8. The number of amidine groups is 1. The lowest BCUT2D eigenvalue weighted by atomic mass is 9.93. The van der Waals surface area contributed by atoms with E-state index in [1.807, 2.05) is 29.2 Å². The SMILES string of the molecule is CCOc1c(C2=N[C@@H](c3ccc(Cl)cc3)[C@@H](c3ccc(Cl)cc3)N2C(=O)N2CCN(CC(N)=O)CC2)cc(C)c(Cl)c1S(N)(=O)=O. The zero-order valence-corrected chi connectivity index (χ0v) is 28.2. The van der Waals surface area contributed by atoms with E-state index in [9.17, 15) is 18.0 Å². The normalized spacial score (nSPS) is 18.9. The summed E-state index contributed by atoms with van der Waals surface area (Å²) in [4.78, 5) is 36.1. The van der Waals surface area contributed by atoms with Gasteiger partial charge in [0.05, 0.1) is 29.8 Å². The van der Waals surface area contributed by atoms with Gasteiger partial charge in [-0.15, -0.1) is 0 Å². The van der Waals surface area contributed by atoms with Crippen LogP contribution in [0.2, 0.25) is 15.1 Å². The van der Waals surface area contributed by atoms with Gasteiger partial charge in [0, 0.05) is 36.2 Å². The summed E-state index contributed by atoms with van der Waals surface area (Å²) in [5.41, 5.74) is 7.54. The summed E-state index contributed by atoms with van der Waals surface area (Å²) in [6.07, 6.45) is 0. The molecule has 0 radical (unpaired) electrons. The fraction of sp³-hybridized carbons (Fsp3) is 0.323. The molecule has 0 aliphatic carbocycles. The molecule has 11 nitrogen and oxygen atoms in total. The first-order valence-electron chi connectivity index (χ1n) is 14.5. The van der Waals surface area contributed by atoms with Gasteiger partial charge in [0.25, 0.3) is 0 Å². The summed E-state index contributed by atoms with van der Waals surface area (Å²) in [5, 5.41) is 6.62. The molecular formula is C31H33Cl3N6O5S. The molecule has 15 heteroatoms. The van der Waals surface area contributed by atoms with Crippen LogP contribution in [-0.2, 0) is 14.8 Å². The number of nitrogens with zero attached hydrogens (tertiary/aromatic N) is 4. The maximum atomic E-state index is 14.7. The number of urea groups is 1. The van der Waals surface area contributed by atoms with E-state index >= 15 is 0 Å². The van der Waals surface area contributed by atoms with E-state index < -0.39 is 28.0 Å². The molecule has 0 saturated carbocycles. The molecule has 2 aliphatic rings. The van der Waals surface area contributed by atoms with Gasteiger partial charge in [-0.2, -0.15) is 0 Å². The van der Waals surface area contributed by atoms with Crippen molar-refractivity contribution in [3.05, 3.63) is 91.9 Å². The van der Waals surface area contributed by atoms with Crippen LogP contribution in [0.1, 0.15) is 41.3 Å². The Morgan fingerprint density at radius 1 is 0.957 bits per heavy atom. The first kappa shape index (κ1) is 34.0. The highest BCUT2D eigenvalue weighted by Gasteiger charge is 2.45. The molecule has 1 saturated heterocycles. The molecule has 0 aromatic heterocycles. The number of halogens is 3. The third-order valence-electron chi connectivity index (χ3n) is 7.89. The second-order valence-corrected chi connectivity index (χ2v) is 13.8. The first-order valence-corrected chi connectivity index (χ1v) is 17.1. The molecule has 3 amide bonds. The zero-order valence-electron chi connectivity index (χ0n) is 25.1. The van der Waals surface area contributed by atoms with Crippen LogP contribution >= 0.6 is 34.8 Å². The molecule has 244 valence electrons. The monoisotopic (exact) mass is 706 g/mol. The van der Waals surface area contributed by atoms with Crippen LogP contribution in [0.4, 0.5) is 4.79 Å². The highest BCUT2D eigenvalue weighted by Crippen LogP contribution is 2.47. The predicted molar refractivity (Wildman–Crippen MR) is 178 cm³/mol. The third-order valence-corrected chi connectivity index (χ3v) is 9.95. The Morgan fingerprint density at radius 2 is 1.52 bits per heavy atom. The fourth-order valence-corrected chi connectivity index (χ4v) is 7.33. The summed E-state index contributed by atoms with van der Waals surface area (Å²) in [6.45, 7) is 5.00. The number of hydrogen-bond acceptors (Lipinski definition) is 7. The van der Waals surface area contributed by atoms with Gasteiger partial charge < -0.3 is 15.4 Å². The molecule has 46 heavy (non-hydrogen) atoms. The number of sulfonamides is 1. The number of aryl methyl sites for hydroxylation is 1. The molecule has 2 heterocycles. The third kappa shape index (κ3) is 6.97. The van der Waals surface area contributed by atoms with Gasteiger partial charge in [0.1, 0.15) is 16.8 Å². The topological polar surface area (TPSA) is 152 Å². The van der Waals surface area contributed by atoms with Crippen LogP contribution in [0.25, 0.3) is 0 Å². The van der Waals surface area contributed by atoms with Gasteiger partial charge in [-0.3, -0.25) is 19.6 Å². The standard InChI is InChI=1S/C31H33Cl3N6O5S/c1-3-45-28-23(16-18(2)25(34)29(28)46(36,43)44)30-37-26(19-4-8-21(32)9-5-19)27(20-6-10-22(33)11-7-20)40(30)31(42)39-14-12-38(13-15-39)17-24(35)41/h4-11,16,26-27H,3,12-15,17H2,1-2H3,(H2,35,41)(H2,36,43,44)/t26-,27+/m0/s1. The average Bonchev–Trinajstić information content (AvgIpc) is 3.39. The van der Waals surface area contributed by atoms with Crippen molar-refractivity contribution in [3.8, 4) is 5.75 Å². The van der Waals surface area contributed by atoms with Crippen LogP contribution in [0, 0.1) is 6.92 Å². The molecule has 3 aromatic rings. The van der Waals surface area contributed by atoms with Crippen molar-refractivity contribution in [1.29, 1.82) is 0 Å². The lowest BCUT2D eigenvalue weighted by Crippen LogP contribution is -2.55. The molecule has 0 unspecified atom stereocenters. The average molecular weight is 708 g/mol. The number of hydrogen-bond donors (Lipinski definition) is 2. The Kier molecular flexibility index (Phi) is 10.2. The van der Waals surface area contributed by atoms with Gasteiger partial charge in [-0.25, -0.2) is 18.4 Å². The van der Waals surface area contributed by atoms with Gasteiger partial charge in [-0.1, -0.05) is 59.1 Å². The van der Waals surface area contributed by atoms with E-state index in [2.05, 4.69) is 0 Å². The van der Waals surface area contributed by atoms with E-state index in [1.54, 1.807) is 54.0 Å². The quantitative estimate of drug-likeness (QED) is 0.344. The van der Waals surface area contributed by atoms with Crippen molar-refractivity contribution in [2.24, 2.45) is 15.9 Å². The number of rotatable bonds is 8. The number of nitrogens with two attached hydrogens (primary N) is 2. The van der Waals surface area contributed by atoms with E-state index in [1.165, 1.54) is 0 Å². The molecule has 0 bridgehead atoms. The summed E-state index contributed by atoms with van der Waals surface area (Å²) in [7, 11) is -4.37. The van der Waals surface area contributed by atoms with E-state index in [0.717, 1.165) is 11.1 Å². The number of piperazine rings is 1. The van der Waals surface area contributed by atoms with Gasteiger partial charge >= 0.3 is 6.03 Å². The van der Waals surface area contributed by atoms with Crippen molar-refractivity contribution in [1.82, 2.24) is 14.7 Å². The Balaban J connectivity index is 1.73. The van der Waals surface area contributed by atoms with Crippen molar-refractivity contribution in [2.45, 2.75) is 30.8 Å². The van der Waals surface area contributed by atoms with Crippen LogP contribution in [-0.4, -0.2) is 80.2 Å².